The fourth-order valence-corrected chi connectivity index (χ4v) is 4.10. The number of alkyl halides is 2. The van der Waals surface area contributed by atoms with E-state index in [0.29, 0.717) is 31.4 Å². The van der Waals surface area contributed by atoms with E-state index in [0.717, 1.165) is 19.8 Å². The Morgan fingerprint density at radius 3 is 2.26 bits per heavy atom. The van der Waals surface area contributed by atoms with Crippen LogP contribution in [0.4, 0.5) is 22.0 Å². The molecule has 0 radical (unpaired) electrons. The SMILES string of the molecule is Cc1c(OC(F)(F)C2CCC(C3CCC(C)CO3)CC2)cc(F)c(F)c1F. The summed E-state index contributed by atoms with van der Waals surface area (Å²) in [6.07, 6.45) is 0.299. The molecule has 1 aromatic carbocycles. The molecule has 1 aliphatic heterocycles. The van der Waals surface area contributed by atoms with Gasteiger partial charge >= 0.3 is 6.11 Å². The topological polar surface area (TPSA) is 18.5 Å². The van der Waals surface area contributed by atoms with Gasteiger partial charge in [-0.25, -0.2) is 13.2 Å². The van der Waals surface area contributed by atoms with E-state index in [4.69, 9.17) is 4.74 Å². The summed E-state index contributed by atoms with van der Waals surface area (Å²) in [6.45, 7) is 3.93. The van der Waals surface area contributed by atoms with Crippen LogP contribution in [-0.4, -0.2) is 18.8 Å². The molecule has 0 aromatic heterocycles. The minimum absolute atomic E-state index is 0.124. The van der Waals surface area contributed by atoms with E-state index in [9.17, 15) is 22.0 Å². The number of hydrogen-bond donors (Lipinski definition) is 0. The average Bonchev–Trinajstić information content (AvgIpc) is 2.65. The van der Waals surface area contributed by atoms with E-state index in [1.165, 1.54) is 0 Å². The van der Waals surface area contributed by atoms with Gasteiger partial charge in [0.05, 0.1) is 12.0 Å². The molecule has 0 spiro atoms. The van der Waals surface area contributed by atoms with E-state index in [1.54, 1.807) is 0 Å². The molecule has 152 valence electrons. The Labute approximate surface area is 156 Å². The molecule has 2 fully saturated rings. The maximum atomic E-state index is 14.6. The van der Waals surface area contributed by atoms with Gasteiger partial charge in [-0.05, 0) is 57.3 Å². The van der Waals surface area contributed by atoms with Gasteiger partial charge in [-0.3, -0.25) is 0 Å². The van der Waals surface area contributed by atoms with Crippen molar-refractivity contribution < 1.29 is 31.4 Å². The molecule has 7 heteroatoms. The Morgan fingerprint density at radius 2 is 1.67 bits per heavy atom. The Kier molecular flexibility index (Phi) is 5.99. The van der Waals surface area contributed by atoms with Crippen LogP contribution in [0.2, 0.25) is 0 Å². The summed E-state index contributed by atoms with van der Waals surface area (Å²) < 4.78 is 79.8. The quantitative estimate of drug-likeness (QED) is 0.462. The molecule has 2 atom stereocenters. The predicted molar refractivity (Wildman–Crippen MR) is 90.2 cm³/mol. The first-order valence-electron chi connectivity index (χ1n) is 9.51. The van der Waals surface area contributed by atoms with Crippen molar-refractivity contribution in [2.45, 2.75) is 64.6 Å². The van der Waals surface area contributed by atoms with E-state index < -0.39 is 40.8 Å². The van der Waals surface area contributed by atoms with Crippen LogP contribution in [0, 0.1) is 42.1 Å². The average molecular weight is 392 g/mol. The van der Waals surface area contributed by atoms with Gasteiger partial charge in [0, 0.05) is 18.2 Å². The lowest BCUT2D eigenvalue weighted by Crippen LogP contribution is -2.40. The lowest BCUT2D eigenvalue weighted by molar-refractivity contribution is -0.226. The first-order chi connectivity index (χ1) is 12.7. The Hall–Kier alpha value is -1.37. The lowest BCUT2D eigenvalue weighted by Gasteiger charge is -2.38. The zero-order valence-corrected chi connectivity index (χ0v) is 15.5. The molecule has 2 unspecified atom stereocenters. The molecular formula is C20H25F5O2. The molecule has 1 saturated heterocycles. The van der Waals surface area contributed by atoms with E-state index in [1.807, 2.05) is 0 Å². The standard InChI is InChI=1S/C20H25F5O2/c1-11-3-8-16(26-10-11)13-4-6-14(7-5-13)20(24,25)27-17-9-15(21)19(23)18(22)12(17)2/h9,11,13-14,16H,3-8,10H2,1-2H3. The molecule has 3 rings (SSSR count). The van der Waals surface area contributed by atoms with Crippen LogP contribution in [0.5, 0.6) is 5.75 Å². The lowest BCUT2D eigenvalue weighted by atomic mass is 9.77. The number of benzene rings is 1. The Balaban J connectivity index is 1.62. The van der Waals surface area contributed by atoms with Crippen LogP contribution >= 0.6 is 0 Å². The van der Waals surface area contributed by atoms with Crippen molar-refractivity contribution in [2.75, 3.05) is 6.61 Å². The molecule has 2 nitrogen and oxygen atoms in total. The Bertz CT molecular complexity index is 663. The maximum Gasteiger partial charge on any atom is 0.400 e. The van der Waals surface area contributed by atoms with Gasteiger partial charge in [-0.2, -0.15) is 8.78 Å². The summed E-state index contributed by atoms with van der Waals surface area (Å²) in [6, 6.07) is 0.477. The normalized spacial score (nSPS) is 29.6. The number of hydrogen-bond acceptors (Lipinski definition) is 2. The van der Waals surface area contributed by atoms with Gasteiger partial charge in [0.1, 0.15) is 5.75 Å². The third-order valence-corrected chi connectivity index (χ3v) is 5.92. The summed E-state index contributed by atoms with van der Waals surface area (Å²) in [5.41, 5.74) is -0.466. The zero-order valence-electron chi connectivity index (χ0n) is 15.5. The molecule has 0 bridgehead atoms. The van der Waals surface area contributed by atoms with Crippen molar-refractivity contribution in [1.29, 1.82) is 0 Å². The first kappa shape index (κ1) is 20.4. The highest BCUT2D eigenvalue weighted by molar-refractivity contribution is 5.35. The highest BCUT2D eigenvalue weighted by Gasteiger charge is 2.45. The monoisotopic (exact) mass is 392 g/mol. The summed E-state index contributed by atoms with van der Waals surface area (Å²) in [4.78, 5) is 0. The molecule has 1 heterocycles. The van der Waals surface area contributed by atoms with Crippen molar-refractivity contribution in [3.05, 3.63) is 29.1 Å². The molecule has 0 amide bonds. The second-order valence-electron chi connectivity index (χ2n) is 7.94. The summed E-state index contributed by atoms with van der Waals surface area (Å²) in [5, 5.41) is 0. The van der Waals surface area contributed by atoms with E-state index in [-0.39, 0.29) is 24.9 Å². The van der Waals surface area contributed by atoms with Crippen LogP contribution < -0.4 is 4.74 Å². The first-order valence-corrected chi connectivity index (χ1v) is 9.51. The van der Waals surface area contributed by atoms with Crippen LogP contribution in [0.1, 0.15) is 51.0 Å². The van der Waals surface area contributed by atoms with Crippen LogP contribution in [-0.2, 0) is 4.74 Å². The van der Waals surface area contributed by atoms with Gasteiger partial charge in [-0.1, -0.05) is 6.92 Å². The van der Waals surface area contributed by atoms with Crippen molar-refractivity contribution in [3.8, 4) is 5.75 Å². The Morgan fingerprint density at radius 1 is 1.00 bits per heavy atom. The van der Waals surface area contributed by atoms with E-state index in [2.05, 4.69) is 11.7 Å². The van der Waals surface area contributed by atoms with Gasteiger partial charge in [0.15, 0.2) is 17.5 Å². The molecule has 1 saturated carbocycles. The third-order valence-electron chi connectivity index (χ3n) is 5.92. The number of halogens is 5. The summed E-state index contributed by atoms with van der Waals surface area (Å²) >= 11 is 0. The highest BCUT2D eigenvalue weighted by Crippen LogP contribution is 2.43. The largest absolute Gasteiger partial charge is 0.432 e. The van der Waals surface area contributed by atoms with Crippen LogP contribution in [0.3, 0.4) is 0 Å². The molecular weight excluding hydrogens is 367 g/mol. The number of rotatable bonds is 4. The van der Waals surface area contributed by atoms with Crippen molar-refractivity contribution >= 4 is 0 Å². The van der Waals surface area contributed by atoms with Gasteiger partial charge < -0.3 is 9.47 Å². The zero-order chi connectivity index (χ0) is 19.8. The smallest absolute Gasteiger partial charge is 0.400 e. The predicted octanol–water partition coefficient (Wildman–Crippen LogP) is 6.01. The number of ether oxygens (including phenoxy) is 2. The molecule has 27 heavy (non-hydrogen) atoms. The van der Waals surface area contributed by atoms with Gasteiger partial charge in [0.25, 0.3) is 0 Å². The minimum atomic E-state index is -3.58. The van der Waals surface area contributed by atoms with E-state index >= 15 is 0 Å². The molecule has 1 aromatic rings. The summed E-state index contributed by atoms with van der Waals surface area (Å²) in [7, 11) is 0. The second kappa shape index (κ2) is 7.94. The van der Waals surface area contributed by atoms with Crippen molar-refractivity contribution in [1.82, 2.24) is 0 Å². The fourth-order valence-electron chi connectivity index (χ4n) is 4.10. The highest BCUT2D eigenvalue weighted by atomic mass is 19.3. The van der Waals surface area contributed by atoms with Gasteiger partial charge in [0.2, 0.25) is 0 Å². The molecule has 1 aliphatic carbocycles. The maximum absolute atomic E-state index is 14.6. The van der Waals surface area contributed by atoms with Crippen molar-refractivity contribution in [2.24, 2.45) is 17.8 Å². The summed E-state index contributed by atoms with van der Waals surface area (Å²) in [5.74, 6) is -5.66. The van der Waals surface area contributed by atoms with Crippen LogP contribution in [0.15, 0.2) is 6.07 Å². The third kappa shape index (κ3) is 4.39. The fraction of sp³-hybridized carbons (Fsp3) is 0.700. The molecule has 2 aliphatic rings. The molecule has 0 N–H and O–H groups in total. The van der Waals surface area contributed by atoms with Crippen molar-refractivity contribution in [3.63, 3.8) is 0 Å². The van der Waals surface area contributed by atoms with Crippen LogP contribution in [0.25, 0.3) is 0 Å². The van der Waals surface area contributed by atoms with Gasteiger partial charge in [-0.15, -0.1) is 0 Å². The minimum Gasteiger partial charge on any atom is -0.432 e. The second-order valence-corrected chi connectivity index (χ2v) is 7.94.